The van der Waals surface area contributed by atoms with E-state index >= 15 is 0 Å². The molecule has 1 heterocycles. The fraction of sp³-hybridized carbons (Fsp3) is 0.385. The molecule has 0 saturated carbocycles. The van der Waals surface area contributed by atoms with Crippen molar-refractivity contribution in [1.82, 2.24) is 5.32 Å². The van der Waals surface area contributed by atoms with E-state index < -0.39 is 73.5 Å². The summed E-state index contributed by atoms with van der Waals surface area (Å²) in [5.41, 5.74) is 6.77. The van der Waals surface area contributed by atoms with E-state index in [1.165, 1.54) is 6.07 Å². The zero-order valence-electron chi connectivity index (χ0n) is 20.7. The highest BCUT2D eigenvalue weighted by Crippen LogP contribution is 2.33. The predicted molar refractivity (Wildman–Crippen MR) is 135 cm³/mol. The number of aliphatic imine (C=N–C) groups is 1. The van der Waals surface area contributed by atoms with Crippen LogP contribution < -0.4 is 16.4 Å². The SMILES string of the molecule is CC(F)(F)CC[C@H](C(=O)N[C@H]1N=C(c2ccccc2)c2cccc(Cl)c2NC1=O)[C@@H](CCC(F)(F)F)C(N)=O. The van der Waals surface area contributed by atoms with Gasteiger partial charge in [-0.2, -0.15) is 13.2 Å². The van der Waals surface area contributed by atoms with Crippen molar-refractivity contribution in [2.45, 2.75) is 50.9 Å². The summed E-state index contributed by atoms with van der Waals surface area (Å²) in [6.45, 7) is 0.576. The Morgan fingerprint density at radius 2 is 1.67 bits per heavy atom. The van der Waals surface area contributed by atoms with Gasteiger partial charge in [-0.05, 0) is 25.8 Å². The lowest BCUT2D eigenvalue weighted by atomic mass is 9.83. The number of benzodiazepines with no additional fused rings is 1. The molecule has 2 aromatic rings. The molecule has 0 aromatic heterocycles. The van der Waals surface area contributed by atoms with E-state index in [0.717, 1.165) is 0 Å². The largest absolute Gasteiger partial charge is 0.389 e. The van der Waals surface area contributed by atoms with Gasteiger partial charge in [0.2, 0.25) is 23.9 Å². The minimum absolute atomic E-state index is 0.181. The molecule has 2 aromatic carbocycles. The third-order valence-electron chi connectivity index (χ3n) is 6.17. The normalized spacial score (nSPS) is 17.3. The summed E-state index contributed by atoms with van der Waals surface area (Å²) in [4.78, 5) is 42.9. The van der Waals surface area contributed by atoms with Crippen LogP contribution in [-0.2, 0) is 14.4 Å². The van der Waals surface area contributed by atoms with Crippen molar-refractivity contribution in [2.24, 2.45) is 22.6 Å². The van der Waals surface area contributed by atoms with Crippen LogP contribution >= 0.6 is 11.6 Å². The number of anilines is 1. The van der Waals surface area contributed by atoms with Crippen molar-refractivity contribution in [2.75, 3.05) is 5.32 Å². The molecule has 3 amide bonds. The van der Waals surface area contributed by atoms with E-state index in [4.69, 9.17) is 17.3 Å². The lowest BCUT2D eigenvalue weighted by Gasteiger charge is -2.26. The number of fused-ring (bicyclic) bond motifs is 1. The van der Waals surface area contributed by atoms with Gasteiger partial charge in [0.25, 0.3) is 5.91 Å². The third kappa shape index (κ3) is 8.22. The maximum Gasteiger partial charge on any atom is 0.389 e. The minimum Gasteiger partial charge on any atom is -0.369 e. The van der Waals surface area contributed by atoms with E-state index in [0.29, 0.717) is 18.1 Å². The molecular weight excluding hydrogens is 547 g/mol. The average molecular weight is 573 g/mol. The second-order valence-electron chi connectivity index (χ2n) is 9.28. The van der Waals surface area contributed by atoms with Gasteiger partial charge >= 0.3 is 6.18 Å². The summed E-state index contributed by atoms with van der Waals surface area (Å²) in [5, 5.41) is 5.07. The quantitative estimate of drug-likeness (QED) is 0.346. The lowest BCUT2D eigenvalue weighted by molar-refractivity contribution is -0.146. The van der Waals surface area contributed by atoms with Crippen LogP contribution in [0.4, 0.5) is 27.6 Å². The molecular formula is C26H26ClF5N4O3. The fourth-order valence-electron chi connectivity index (χ4n) is 4.25. The molecule has 0 bridgehead atoms. The molecule has 4 N–H and O–H groups in total. The summed E-state index contributed by atoms with van der Waals surface area (Å²) in [5.74, 6) is -9.87. The van der Waals surface area contributed by atoms with Gasteiger partial charge in [-0.15, -0.1) is 0 Å². The maximum atomic E-state index is 13.7. The average Bonchev–Trinajstić information content (AvgIpc) is 2.97. The van der Waals surface area contributed by atoms with Gasteiger partial charge in [-0.1, -0.05) is 54.1 Å². The molecule has 0 unspecified atom stereocenters. The molecule has 13 heteroatoms. The number of hydrogen-bond acceptors (Lipinski definition) is 4. The predicted octanol–water partition coefficient (Wildman–Crippen LogP) is 5.07. The number of hydrogen-bond donors (Lipinski definition) is 3. The Hall–Kier alpha value is -3.54. The second kappa shape index (κ2) is 12.1. The number of halogens is 6. The van der Waals surface area contributed by atoms with E-state index in [1.807, 2.05) is 0 Å². The molecule has 0 fully saturated rings. The van der Waals surface area contributed by atoms with Crippen LogP contribution in [0.3, 0.4) is 0 Å². The van der Waals surface area contributed by atoms with Gasteiger partial charge in [0.1, 0.15) is 0 Å². The summed E-state index contributed by atoms with van der Waals surface area (Å²) in [6, 6.07) is 13.4. The Labute approximate surface area is 226 Å². The first-order valence-corrected chi connectivity index (χ1v) is 12.3. The van der Waals surface area contributed by atoms with Gasteiger partial charge in [0.15, 0.2) is 0 Å². The van der Waals surface area contributed by atoms with Gasteiger partial charge in [0.05, 0.1) is 16.4 Å². The van der Waals surface area contributed by atoms with Crippen LogP contribution in [0.5, 0.6) is 0 Å². The summed E-state index contributed by atoms with van der Waals surface area (Å²) < 4.78 is 66.0. The van der Waals surface area contributed by atoms with Gasteiger partial charge < -0.3 is 16.4 Å². The summed E-state index contributed by atoms with van der Waals surface area (Å²) in [6.07, 6.45) is -10.2. The van der Waals surface area contributed by atoms with E-state index in [9.17, 15) is 36.3 Å². The Balaban J connectivity index is 1.99. The van der Waals surface area contributed by atoms with Crippen molar-refractivity contribution in [1.29, 1.82) is 0 Å². The molecule has 39 heavy (non-hydrogen) atoms. The fourth-order valence-corrected chi connectivity index (χ4v) is 4.47. The first-order valence-electron chi connectivity index (χ1n) is 11.9. The molecule has 1 aliphatic rings. The van der Waals surface area contributed by atoms with Crippen LogP contribution in [0.15, 0.2) is 53.5 Å². The molecule has 0 saturated heterocycles. The number of rotatable bonds is 10. The maximum absolute atomic E-state index is 13.7. The second-order valence-corrected chi connectivity index (χ2v) is 9.69. The highest BCUT2D eigenvalue weighted by atomic mass is 35.5. The van der Waals surface area contributed by atoms with Crippen LogP contribution in [0.25, 0.3) is 0 Å². The van der Waals surface area contributed by atoms with Crippen molar-refractivity contribution < 1.29 is 36.3 Å². The van der Waals surface area contributed by atoms with Gasteiger partial charge in [-0.3, -0.25) is 14.4 Å². The number of para-hydroxylation sites is 1. The Morgan fingerprint density at radius 1 is 1.03 bits per heavy atom. The number of benzene rings is 2. The molecule has 1 aliphatic heterocycles. The summed E-state index contributed by atoms with van der Waals surface area (Å²) in [7, 11) is 0. The smallest absolute Gasteiger partial charge is 0.369 e. The number of alkyl halides is 5. The van der Waals surface area contributed by atoms with Crippen LogP contribution in [0, 0.1) is 11.8 Å². The standard InChI is InChI=1S/C26H26ClF5N4O3/c1-25(28,29)12-10-16(15(21(33)37)11-13-26(30,31)32)23(38)36-22-24(39)35-20-17(8-5-9-18(20)27)19(34-22)14-6-3-2-4-7-14/h2-9,15-16,22H,10-13H2,1H3,(H2,33,37)(H,35,39)(H,36,38)/t15-,16+,22-/m1/s1. The van der Waals surface area contributed by atoms with E-state index in [-0.39, 0.29) is 16.4 Å². The Kier molecular flexibility index (Phi) is 9.31. The van der Waals surface area contributed by atoms with Crippen molar-refractivity contribution in [3.63, 3.8) is 0 Å². The number of amides is 3. The molecule has 210 valence electrons. The number of nitrogens with zero attached hydrogens (tertiary/aromatic N) is 1. The zero-order chi connectivity index (χ0) is 29.0. The van der Waals surface area contributed by atoms with Crippen LogP contribution in [0.2, 0.25) is 5.02 Å². The first-order chi connectivity index (χ1) is 18.2. The van der Waals surface area contributed by atoms with Crippen molar-refractivity contribution in [3.05, 3.63) is 64.7 Å². The third-order valence-corrected chi connectivity index (χ3v) is 6.49. The minimum atomic E-state index is -4.68. The monoisotopic (exact) mass is 572 g/mol. The zero-order valence-corrected chi connectivity index (χ0v) is 21.5. The number of carbonyl (C=O) groups is 3. The van der Waals surface area contributed by atoms with Gasteiger partial charge in [0, 0.05) is 35.8 Å². The Morgan fingerprint density at radius 3 is 2.26 bits per heavy atom. The van der Waals surface area contributed by atoms with Crippen molar-refractivity contribution >= 4 is 40.7 Å². The molecule has 7 nitrogen and oxygen atoms in total. The van der Waals surface area contributed by atoms with Crippen LogP contribution in [-0.4, -0.2) is 41.7 Å². The van der Waals surface area contributed by atoms with E-state index in [1.54, 1.807) is 42.5 Å². The molecule has 0 spiro atoms. The van der Waals surface area contributed by atoms with Gasteiger partial charge in [-0.25, -0.2) is 13.8 Å². The Bertz CT molecular complexity index is 1250. The molecule has 3 rings (SSSR count). The lowest BCUT2D eigenvalue weighted by Crippen LogP contribution is -2.48. The number of carbonyl (C=O) groups excluding carboxylic acids is 3. The number of nitrogens with two attached hydrogens (primary N) is 1. The molecule has 3 atom stereocenters. The van der Waals surface area contributed by atoms with Crippen molar-refractivity contribution in [3.8, 4) is 0 Å². The number of nitrogens with one attached hydrogen (secondary N) is 2. The van der Waals surface area contributed by atoms with Crippen LogP contribution in [0.1, 0.15) is 43.7 Å². The number of primary amides is 1. The van der Waals surface area contributed by atoms with E-state index in [2.05, 4.69) is 15.6 Å². The molecule has 0 aliphatic carbocycles. The molecule has 0 radical (unpaired) electrons. The highest BCUT2D eigenvalue weighted by molar-refractivity contribution is 6.36. The first kappa shape index (κ1) is 30.0. The highest BCUT2D eigenvalue weighted by Gasteiger charge is 2.39. The summed E-state index contributed by atoms with van der Waals surface area (Å²) >= 11 is 6.30. The topological polar surface area (TPSA) is 114 Å².